The molecule has 6 heteroatoms. The number of rotatable bonds is 3. The SMILES string of the molecule is Cc1ccc(C(NN)c2ccc(C(F)(F)F)cc2C)s1. The second kappa shape index (κ2) is 5.55. The average Bonchev–Trinajstić information content (AvgIpc) is 2.77. The zero-order valence-electron chi connectivity index (χ0n) is 11.1. The predicted molar refractivity (Wildman–Crippen MR) is 74.4 cm³/mol. The molecule has 2 aromatic rings. The fourth-order valence-electron chi connectivity index (χ4n) is 2.11. The van der Waals surface area contributed by atoms with Gasteiger partial charge in [0.25, 0.3) is 0 Å². The van der Waals surface area contributed by atoms with E-state index in [-0.39, 0.29) is 6.04 Å². The van der Waals surface area contributed by atoms with Crippen LogP contribution in [-0.2, 0) is 6.18 Å². The Kier molecular flexibility index (Phi) is 4.17. The van der Waals surface area contributed by atoms with Gasteiger partial charge in [0.15, 0.2) is 0 Å². The summed E-state index contributed by atoms with van der Waals surface area (Å²) in [6.45, 7) is 3.64. The minimum Gasteiger partial charge on any atom is -0.271 e. The van der Waals surface area contributed by atoms with Crippen molar-refractivity contribution in [3.63, 3.8) is 0 Å². The van der Waals surface area contributed by atoms with Gasteiger partial charge in [-0.1, -0.05) is 6.07 Å². The highest BCUT2D eigenvalue weighted by Gasteiger charge is 2.31. The van der Waals surface area contributed by atoms with Gasteiger partial charge in [0, 0.05) is 9.75 Å². The van der Waals surface area contributed by atoms with Crippen molar-refractivity contribution < 1.29 is 13.2 Å². The number of nitrogens with two attached hydrogens (primary N) is 1. The number of hydrazine groups is 1. The van der Waals surface area contributed by atoms with Gasteiger partial charge in [-0.05, 0) is 49.2 Å². The van der Waals surface area contributed by atoms with E-state index >= 15 is 0 Å². The lowest BCUT2D eigenvalue weighted by atomic mass is 9.98. The molecule has 1 aromatic heterocycles. The van der Waals surface area contributed by atoms with Gasteiger partial charge in [-0.15, -0.1) is 11.3 Å². The molecule has 0 aliphatic rings. The number of hydrogen-bond acceptors (Lipinski definition) is 3. The molecule has 20 heavy (non-hydrogen) atoms. The molecule has 108 valence electrons. The molecule has 0 aliphatic carbocycles. The lowest BCUT2D eigenvalue weighted by Crippen LogP contribution is -2.28. The Morgan fingerprint density at radius 1 is 1.15 bits per heavy atom. The molecule has 0 fully saturated rings. The zero-order chi connectivity index (χ0) is 14.9. The Morgan fingerprint density at radius 2 is 1.85 bits per heavy atom. The van der Waals surface area contributed by atoms with Crippen molar-refractivity contribution in [1.29, 1.82) is 0 Å². The highest BCUT2D eigenvalue weighted by atomic mass is 32.1. The Morgan fingerprint density at radius 3 is 2.30 bits per heavy atom. The summed E-state index contributed by atoms with van der Waals surface area (Å²) in [5, 5.41) is 0. The van der Waals surface area contributed by atoms with Gasteiger partial charge >= 0.3 is 6.18 Å². The molecule has 0 bridgehead atoms. The number of thiophene rings is 1. The van der Waals surface area contributed by atoms with E-state index in [4.69, 9.17) is 5.84 Å². The molecule has 1 aromatic carbocycles. The first-order chi connectivity index (χ1) is 9.32. The third-order valence-corrected chi connectivity index (χ3v) is 4.19. The maximum atomic E-state index is 12.7. The van der Waals surface area contributed by atoms with Crippen LogP contribution in [0.4, 0.5) is 13.2 Å². The standard InChI is InChI=1S/C14H15F3N2S/c1-8-7-10(14(15,16)17)4-5-11(8)13(19-18)12-6-3-9(2)20-12/h3-7,13,19H,18H2,1-2H3. The van der Waals surface area contributed by atoms with Gasteiger partial charge in [0.05, 0.1) is 11.6 Å². The van der Waals surface area contributed by atoms with Crippen LogP contribution in [0.1, 0.15) is 32.5 Å². The molecule has 2 rings (SSSR count). The highest BCUT2D eigenvalue weighted by molar-refractivity contribution is 7.12. The van der Waals surface area contributed by atoms with Gasteiger partial charge in [-0.3, -0.25) is 5.84 Å². The molecule has 0 radical (unpaired) electrons. The van der Waals surface area contributed by atoms with Crippen LogP contribution < -0.4 is 11.3 Å². The molecular formula is C14H15F3N2S. The molecule has 2 nitrogen and oxygen atoms in total. The number of alkyl halides is 3. The third kappa shape index (κ3) is 3.03. The third-order valence-electron chi connectivity index (χ3n) is 3.12. The van der Waals surface area contributed by atoms with Gasteiger partial charge in [0.2, 0.25) is 0 Å². The van der Waals surface area contributed by atoms with Crippen molar-refractivity contribution in [3.8, 4) is 0 Å². The fraction of sp³-hybridized carbons (Fsp3) is 0.286. The molecule has 0 saturated carbocycles. The van der Waals surface area contributed by atoms with Crippen LogP contribution in [0.15, 0.2) is 30.3 Å². The highest BCUT2D eigenvalue weighted by Crippen LogP contribution is 2.34. The predicted octanol–water partition coefficient (Wildman–Crippen LogP) is 3.94. The Hall–Kier alpha value is -1.37. The maximum absolute atomic E-state index is 12.7. The topological polar surface area (TPSA) is 38.0 Å². The molecule has 0 amide bonds. The van der Waals surface area contributed by atoms with Crippen molar-refractivity contribution in [2.24, 2.45) is 5.84 Å². The van der Waals surface area contributed by atoms with E-state index in [9.17, 15) is 13.2 Å². The largest absolute Gasteiger partial charge is 0.416 e. The van der Waals surface area contributed by atoms with E-state index in [0.29, 0.717) is 5.56 Å². The van der Waals surface area contributed by atoms with Crippen molar-refractivity contribution in [2.45, 2.75) is 26.1 Å². The van der Waals surface area contributed by atoms with Crippen LogP contribution in [0.25, 0.3) is 0 Å². The summed E-state index contributed by atoms with van der Waals surface area (Å²) in [7, 11) is 0. The van der Waals surface area contributed by atoms with Crippen LogP contribution in [0.5, 0.6) is 0 Å². The molecule has 3 N–H and O–H groups in total. The van der Waals surface area contributed by atoms with E-state index < -0.39 is 11.7 Å². The van der Waals surface area contributed by atoms with E-state index in [0.717, 1.165) is 27.5 Å². The number of aryl methyl sites for hydroxylation is 2. The van der Waals surface area contributed by atoms with E-state index in [1.165, 1.54) is 6.07 Å². The van der Waals surface area contributed by atoms with Crippen LogP contribution in [-0.4, -0.2) is 0 Å². The van der Waals surface area contributed by atoms with Crippen molar-refractivity contribution in [1.82, 2.24) is 5.43 Å². The fourth-order valence-corrected chi connectivity index (χ4v) is 3.07. The van der Waals surface area contributed by atoms with Crippen molar-refractivity contribution in [3.05, 3.63) is 56.8 Å². The smallest absolute Gasteiger partial charge is 0.271 e. The van der Waals surface area contributed by atoms with Crippen LogP contribution in [0.3, 0.4) is 0 Å². The monoisotopic (exact) mass is 300 g/mol. The second-order valence-corrected chi connectivity index (χ2v) is 5.94. The molecule has 1 unspecified atom stereocenters. The summed E-state index contributed by atoms with van der Waals surface area (Å²) >= 11 is 1.57. The second-order valence-electron chi connectivity index (χ2n) is 4.62. The number of benzene rings is 1. The minimum atomic E-state index is -4.32. The van der Waals surface area contributed by atoms with E-state index in [2.05, 4.69) is 5.43 Å². The lowest BCUT2D eigenvalue weighted by Gasteiger charge is -2.18. The van der Waals surface area contributed by atoms with Gasteiger partial charge < -0.3 is 0 Å². The summed E-state index contributed by atoms with van der Waals surface area (Å²) in [6.07, 6.45) is -4.32. The molecule has 0 aliphatic heterocycles. The Bertz CT molecular complexity index is 605. The molecule has 1 atom stereocenters. The zero-order valence-corrected chi connectivity index (χ0v) is 11.9. The molecular weight excluding hydrogens is 285 g/mol. The van der Waals surface area contributed by atoms with E-state index in [1.54, 1.807) is 18.3 Å². The summed E-state index contributed by atoms with van der Waals surface area (Å²) < 4.78 is 38.0. The van der Waals surface area contributed by atoms with Gasteiger partial charge in [0.1, 0.15) is 0 Å². The summed E-state index contributed by atoms with van der Waals surface area (Å²) in [6, 6.07) is 7.33. The van der Waals surface area contributed by atoms with Crippen molar-refractivity contribution >= 4 is 11.3 Å². The number of nitrogens with one attached hydrogen (secondary N) is 1. The Labute approximate surface area is 119 Å². The first kappa shape index (κ1) is 15.0. The van der Waals surface area contributed by atoms with Gasteiger partial charge in [-0.25, -0.2) is 5.43 Å². The molecule has 0 spiro atoms. The quantitative estimate of drug-likeness (QED) is 0.665. The normalized spacial score (nSPS) is 13.5. The summed E-state index contributed by atoms with van der Waals surface area (Å²) in [4.78, 5) is 2.11. The van der Waals surface area contributed by atoms with Crippen molar-refractivity contribution in [2.75, 3.05) is 0 Å². The number of halogens is 3. The Balaban J connectivity index is 2.41. The maximum Gasteiger partial charge on any atom is 0.416 e. The average molecular weight is 300 g/mol. The first-order valence-electron chi connectivity index (χ1n) is 6.03. The van der Waals surface area contributed by atoms with E-state index in [1.807, 2.05) is 19.1 Å². The van der Waals surface area contributed by atoms with Crippen LogP contribution in [0.2, 0.25) is 0 Å². The molecule has 0 saturated heterocycles. The lowest BCUT2D eigenvalue weighted by molar-refractivity contribution is -0.137. The summed E-state index contributed by atoms with van der Waals surface area (Å²) in [5.41, 5.74) is 3.35. The molecule has 1 heterocycles. The minimum absolute atomic E-state index is 0.295. The first-order valence-corrected chi connectivity index (χ1v) is 6.85. The number of hydrogen-bond donors (Lipinski definition) is 2. The van der Waals surface area contributed by atoms with Crippen LogP contribution in [0, 0.1) is 13.8 Å². The van der Waals surface area contributed by atoms with Gasteiger partial charge in [-0.2, -0.15) is 13.2 Å². The van der Waals surface area contributed by atoms with Crippen LogP contribution >= 0.6 is 11.3 Å². The summed E-state index contributed by atoms with van der Waals surface area (Å²) in [5.74, 6) is 5.57.